The molecule has 0 saturated heterocycles. The van der Waals surface area contributed by atoms with Crippen molar-refractivity contribution in [2.75, 3.05) is 11.9 Å². The van der Waals surface area contributed by atoms with E-state index in [1.807, 2.05) is 19.1 Å². The van der Waals surface area contributed by atoms with Gasteiger partial charge in [-0.1, -0.05) is 47.0 Å². The van der Waals surface area contributed by atoms with Crippen molar-refractivity contribution >= 4 is 40.8 Å². The van der Waals surface area contributed by atoms with Crippen LogP contribution in [0.1, 0.15) is 11.1 Å². The Morgan fingerprint density at radius 2 is 1.74 bits per heavy atom. The predicted octanol–water partition coefficient (Wildman–Crippen LogP) is 4.03. The molecule has 0 bridgehead atoms. The van der Waals surface area contributed by atoms with E-state index in [1.54, 1.807) is 30.3 Å². The third-order valence-corrected chi connectivity index (χ3v) is 3.77. The van der Waals surface area contributed by atoms with E-state index in [0.717, 1.165) is 5.56 Å². The number of carbonyl (C=O) groups is 2. The molecule has 0 saturated carbocycles. The Morgan fingerprint density at radius 3 is 2.39 bits per heavy atom. The number of anilines is 1. The SMILES string of the molecule is Cc1ccc(NC(=O)COC(=O)Cc2ccc(Cl)c(Cl)c2)cc1. The van der Waals surface area contributed by atoms with Crippen molar-refractivity contribution in [1.82, 2.24) is 0 Å². The molecule has 0 radical (unpaired) electrons. The summed E-state index contributed by atoms with van der Waals surface area (Å²) in [5.74, 6) is -0.904. The summed E-state index contributed by atoms with van der Waals surface area (Å²) < 4.78 is 4.95. The summed E-state index contributed by atoms with van der Waals surface area (Å²) in [6, 6.07) is 12.2. The number of nitrogens with one attached hydrogen (secondary N) is 1. The number of benzene rings is 2. The number of amides is 1. The molecule has 23 heavy (non-hydrogen) atoms. The van der Waals surface area contributed by atoms with Crippen LogP contribution in [0.25, 0.3) is 0 Å². The van der Waals surface area contributed by atoms with Crippen LogP contribution >= 0.6 is 23.2 Å². The van der Waals surface area contributed by atoms with Crippen molar-refractivity contribution in [3.8, 4) is 0 Å². The zero-order valence-electron chi connectivity index (χ0n) is 12.4. The number of carbonyl (C=O) groups excluding carboxylic acids is 2. The quantitative estimate of drug-likeness (QED) is 0.827. The van der Waals surface area contributed by atoms with Gasteiger partial charge in [0.05, 0.1) is 16.5 Å². The van der Waals surface area contributed by atoms with Gasteiger partial charge in [0.15, 0.2) is 6.61 Å². The van der Waals surface area contributed by atoms with Crippen LogP contribution in [0.2, 0.25) is 10.0 Å². The number of hydrogen-bond donors (Lipinski definition) is 1. The van der Waals surface area contributed by atoms with Crippen LogP contribution in [0.15, 0.2) is 42.5 Å². The summed E-state index contributed by atoms with van der Waals surface area (Å²) >= 11 is 11.7. The molecule has 0 fully saturated rings. The second-order valence-corrected chi connectivity index (χ2v) is 5.81. The van der Waals surface area contributed by atoms with Crippen molar-refractivity contribution in [2.24, 2.45) is 0 Å². The van der Waals surface area contributed by atoms with Gasteiger partial charge < -0.3 is 10.1 Å². The molecule has 0 aromatic heterocycles. The van der Waals surface area contributed by atoms with Crippen LogP contribution < -0.4 is 5.32 Å². The summed E-state index contributed by atoms with van der Waals surface area (Å²) in [6.45, 7) is 1.62. The Bertz CT molecular complexity index is 714. The molecule has 2 aromatic carbocycles. The molecule has 0 heterocycles. The maximum absolute atomic E-state index is 11.7. The predicted molar refractivity (Wildman–Crippen MR) is 90.9 cm³/mol. The van der Waals surface area contributed by atoms with Crippen molar-refractivity contribution in [3.05, 3.63) is 63.6 Å². The van der Waals surface area contributed by atoms with E-state index in [0.29, 0.717) is 21.3 Å². The maximum atomic E-state index is 11.7. The van der Waals surface area contributed by atoms with Gasteiger partial charge >= 0.3 is 5.97 Å². The second kappa shape index (κ2) is 7.99. The van der Waals surface area contributed by atoms with E-state index in [9.17, 15) is 9.59 Å². The molecule has 2 aromatic rings. The number of rotatable bonds is 5. The summed E-state index contributed by atoms with van der Waals surface area (Å²) in [5, 5.41) is 3.44. The lowest BCUT2D eigenvalue weighted by molar-refractivity contribution is -0.146. The molecule has 1 amide bonds. The highest BCUT2D eigenvalue weighted by atomic mass is 35.5. The van der Waals surface area contributed by atoms with Gasteiger partial charge in [0.1, 0.15) is 0 Å². The fraction of sp³-hybridized carbons (Fsp3) is 0.176. The Labute approximate surface area is 144 Å². The molecule has 0 aliphatic heterocycles. The Hall–Kier alpha value is -2.04. The zero-order valence-corrected chi connectivity index (χ0v) is 13.9. The number of hydrogen-bond acceptors (Lipinski definition) is 3. The minimum atomic E-state index is -0.512. The molecular weight excluding hydrogens is 337 g/mol. The summed E-state index contributed by atoms with van der Waals surface area (Å²) in [5.41, 5.74) is 2.42. The fourth-order valence-corrected chi connectivity index (χ4v) is 2.17. The average Bonchev–Trinajstić information content (AvgIpc) is 2.51. The minimum absolute atomic E-state index is 0.0225. The Balaban J connectivity index is 1.80. The topological polar surface area (TPSA) is 55.4 Å². The highest BCUT2D eigenvalue weighted by molar-refractivity contribution is 6.42. The highest BCUT2D eigenvalue weighted by Crippen LogP contribution is 2.22. The molecule has 0 aliphatic carbocycles. The maximum Gasteiger partial charge on any atom is 0.310 e. The summed E-state index contributed by atoms with van der Waals surface area (Å²) in [4.78, 5) is 23.5. The van der Waals surface area contributed by atoms with Crippen LogP contribution in [0, 0.1) is 6.92 Å². The van der Waals surface area contributed by atoms with Gasteiger partial charge in [0, 0.05) is 5.69 Å². The van der Waals surface area contributed by atoms with Crippen LogP contribution in [0.4, 0.5) is 5.69 Å². The molecular formula is C17H15Cl2NO3. The molecule has 1 N–H and O–H groups in total. The lowest BCUT2D eigenvalue weighted by Crippen LogP contribution is -2.21. The van der Waals surface area contributed by atoms with Gasteiger partial charge in [0.2, 0.25) is 0 Å². The number of halogens is 2. The van der Waals surface area contributed by atoms with E-state index in [1.165, 1.54) is 0 Å². The number of esters is 1. The zero-order chi connectivity index (χ0) is 16.8. The Kier molecular flexibility index (Phi) is 6.02. The molecule has 0 atom stereocenters. The first kappa shape index (κ1) is 17.3. The van der Waals surface area contributed by atoms with Crippen molar-refractivity contribution in [2.45, 2.75) is 13.3 Å². The van der Waals surface area contributed by atoms with Crippen LogP contribution in [-0.2, 0) is 20.7 Å². The average molecular weight is 352 g/mol. The largest absolute Gasteiger partial charge is 0.455 e. The van der Waals surface area contributed by atoms with E-state index in [4.69, 9.17) is 27.9 Å². The number of ether oxygens (including phenoxy) is 1. The van der Waals surface area contributed by atoms with Gasteiger partial charge in [-0.3, -0.25) is 9.59 Å². The molecule has 0 spiro atoms. The first-order chi connectivity index (χ1) is 10.9. The van der Waals surface area contributed by atoms with E-state index in [2.05, 4.69) is 5.32 Å². The molecule has 4 nitrogen and oxygen atoms in total. The van der Waals surface area contributed by atoms with Gasteiger partial charge in [-0.2, -0.15) is 0 Å². The third kappa shape index (κ3) is 5.58. The second-order valence-electron chi connectivity index (χ2n) is 5.00. The van der Waals surface area contributed by atoms with Gasteiger partial charge in [-0.15, -0.1) is 0 Å². The standard InChI is InChI=1S/C17H15Cl2NO3/c1-11-2-5-13(6-3-11)20-16(21)10-23-17(22)9-12-4-7-14(18)15(19)8-12/h2-8H,9-10H2,1H3,(H,20,21). The van der Waals surface area contributed by atoms with E-state index >= 15 is 0 Å². The fourth-order valence-electron chi connectivity index (χ4n) is 1.85. The lowest BCUT2D eigenvalue weighted by atomic mass is 10.1. The van der Waals surface area contributed by atoms with Crippen molar-refractivity contribution < 1.29 is 14.3 Å². The van der Waals surface area contributed by atoms with E-state index in [-0.39, 0.29) is 13.0 Å². The van der Waals surface area contributed by atoms with Gasteiger partial charge in [-0.05, 0) is 36.8 Å². The van der Waals surface area contributed by atoms with Gasteiger partial charge in [-0.25, -0.2) is 0 Å². The molecule has 6 heteroatoms. The summed E-state index contributed by atoms with van der Waals surface area (Å²) in [6.07, 6.45) is 0.0225. The lowest BCUT2D eigenvalue weighted by Gasteiger charge is -2.07. The van der Waals surface area contributed by atoms with Crippen LogP contribution in [0.5, 0.6) is 0 Å². The van der Waals surface area contributed by atoms with Crippen molar-refractivity contribution in [3.63, 3.8) is 0 Å². The highest BCUT2D eigenvalue weighted by Gasteiger charge is 2.10. The normalized spacial score (nSPS) is 10.2. The van der Waals surface area contributed by atoms with Crippen LogP contribution in [-0.4, -0.2) is 18.5 Å². The van der Waals surface area contributed by atoms with Crippen LogP contribution in [0.3, 0.4) is 0 Å². The first-order valence-corrected chi connectivity index (χ1v) is 7.66. The molecule has 120 valence electrons. The van der Waals surface area contributed by atoms with E-state index < -0.39 is 11.9 Å². The van der Waals surface area contributed by atoms with Gasteiger partial charge in [0.25, 0.3) is 5.91 Å². The Morgan fingerprint density at radius 1 is 1.04 bits per heavy atom. The molecule has 2 rings (SSSR count). The molecule has 0 unspecified atom stereocenters. The monoisotopic (exact) mass is 351 g/mol. The summed E-state index contributed by atoms with van der Waals surface area (Å²) in [7, 11) is 0. The minimum Gasteiger partial charge on any atom is -0.455 e. The van der Waals surface area contributed by atoms with Crippen molar-refractivity contribution in [1.29, 1.82) is 0 Å². The molecule has 0 aliphatic rings. The first-order valence-electron chi connectivity index (χ1n) is 6.90. The smallest absolute Gasteiger partial charge is 0.310 e. The third-order valence-electron chi connectivity index (χ3n) is 3.03. The number of aryl methyl sites for hydroxylation is 1.